The van der Waals surface area contributed by atoms with Crippen LogP contribution in [0.3, 0.4) is 0 Å². The number of nitrogens with one attached hydrogen (secondary N) is 1. The minimum atomic E-state index is -3.14. The van der Waals surface area contributed by atoms with Gasteiger partial charge in [0.1, 0.15) is 0 Å². The lowest BCUT2D eigenvalue weighted by Gasteiger charge is -2.16. The van der Waals surface area contributed by atoms with Crippen LogP contribution in [0, 0.1) is 6.92 Å². The van der Waals surface area contributed by atoms with Crippen molar-refractivity contribution < 1.29 is 8.42 Å². The number of sulfone groups is 1. The van der Waals surface area contributed by atoms with Crippen molar-refractivity contribution in [2.45, 2.75) is 57.4 Å². The molecular formula is C16H27NO2S. The van der Waals surface area contributed by atoms with Crippen molar-refractivity contribution in [1.82, 2.24) is 5.32 Å². The number of hydrogen-bond donors (Lipinski definition) is 1. The van der Waals surface area contributed by atoms with E-state index >= 15 is 0 Å². The highest BCUT2D eigenvalue weighted by Gasteiger charge is 2.17. The fourth-order valence-electron chi connectivity index (χ4n) is 2.33. The molecule has 0 bridgehead atoms. The summed E-state index contributed by atoms with van der Waals surface area (Å²) in [7, 11) is -3.14. The van der Waals surface area contributed by atoms with Crippen LogP contribution in [-0.4, -0.2) is 26.8 Å². The fraction of sp³-hybridized carbons (Fsp3) is 0.625. The molecule has 0 aromatic heterocycles. The Balaban J connectivity index is 2.54. The summed E-state index contributed by atoms with van der Waals surface area (Å²) in [5, 5.41) is 3.46. The molecule has 1 aromatic carbocycles. The molecule has 0 saturated heterocycles. The SMILES string of the molecule is CCCNC(CC)CCCS(=O)(=O)c1ccccc1C. The second-order valence-corrected chi connectivity index (χ2v) is 7.36. The smallest absolute Gasteiger partial charge is 0.178 e. The normalized spacial score (nSPS) is 13.3. The lowest BCUT2D eigenvalue weighted by atomic mass is 10.1. The first-order valence-electron chi connectivity index (χ1n) is 7.53. The Morgan fingerprint density at radius 3 is 2.50 bits per heavy atom. The summed E-state index contributed by atoms with van der Waals surface area (Å²) in [6.45, 7) is 7.14. The van der Waals surface area contributed by atoms with E-state index < -0.39 is 9.84 Å². The molecule has 1 aromatic rings. The van der Waals surface area contributed by atoms with Gasteiger partial charge in [-0.3, -0.25) is 0 Å². The molecule has 20 heavy (non-hydrogen) atoms. The highest BCUT2D eigenvalue weighted by Crippen LogP contribution is 2.17. The van der Waals surface area contributed by atoms with Crippen LogP contribution in [-0.2, 0) is 9.84 Å². The van der Waals surface area contributed by atoms with E-state index in [1.165, 1.54) is 0 Å². The summed E-state index contributed by atoms with van der Waals surface area (Å²) in [4.78, 5) is 0.481. The molecule has 0 aliphatic rings. The molecule has 0 saturated carbocycles. The van der Waals surface area contributed by atoms with Gasteiger partial charge < -0.3 is 5.32 Å². The molecule has 0 fully saturated rings. The maximum atomic E-state index is 12.3. The molecule has 3 nitrogen and oxygen atoms in total. The quantitative estimate of drug-likeness (QED) is 0.760. The molecule has 1 atom stereocenters. The zero-order valence-electron chi connectivity index (χ0n) is 12.9. The molecule has 0 aliphatic carbocycles. The molecule has 0 amide bonds. The van der Waals surface area contributed by atoms with E-state index in [0.717, 1.165) is 31.4 Å². The predicted octanol–water partition coefficient (Wildman–Crippen LogP) is 3.33. The molecule has 0 spiro atoms. The lowest BCUT2D eigenvalue weighted by molar-refractivity contribution is 0.463. The third-order valence-electron chi connectivity index (χ3n) is 3.57. The van der Waals surface area contributed by atoms with Gasteiger partial charge in [0.05, 0.1) is 10.6 Å². The van der Waals surface area contributed by atoms with Gasteiger partial charge in [-0.25, -0.2) is 8.42 Å². The summed E-state index contributed by atoms with van der Waals surface area (Å²) in [5.41, 5.74) is 0.837. The maximum absolute atomic E-state index is 12.3. The van der Waals surface area contributed by atoms with Crippen molar-refractivity contribution in [2.24, 2.45) is 0 Å². The van der Waals surface area contributed by atoms with Crippen molar-refractivity contribution in [2.75, 3.05) is 12.3 Å². The van der Waals surface area contributed by atoms with Crippen LogP contribution >= 0.6 is 0 Å². The standard InChI is InChI=1S/C16H27NO2S/c1-4-12-17-15(5-2)10-8-13-20(18,19)16-11-7-6-9-14(16)3/h6-7,9,11,15,17H,4-5,8,10,12-13H2,1-3H3. The van der Waals surface area contributed by atoms with E-state index in [1.54, 1.807) is 12.1 Å². The average Bonchev–Trinajstić information content (AvgIpc) is 2.42. The Bertz CT molecular complexity index is 497. The average molecular weight is 297 g/mol. The van der Waals surface area contributed by atoms with Gasteiger partial charge in [-0.2, -0.15) is 0 Å². The Morgan fingerprint density at radius 2 is 1.90 bits per heavy atom. The number of rotatable bonds is 9. The highest BCUT2D eigenvalue weighted by molar-refractivity contribution is 7.91. The van der Waals surface area contributed by atoms with E-state index in [0.29, 0.717) is 17.4 Å². The van der Waals surface area contributed by atoms with Crippen molar-refractivity contribution in [1.29, 1.82) is 0 Å². The minimum Gasteiger partial charge on any atom is -0.314 e. The van der Waals surface area contributed by atoms with Crippen LogP contribution in [0.15, 0.2) is 29.2 Å². The molecule has 1 N–H and O–H groups in total. The van der Waals surface area contributed by atoms with Crippen molar-refractivity contribution in [3.05, 3.63) is 29.8 Å². The number of hydrogen-bond acceptors (Lipinski definition) is 3. The van der Waals surface area contributed by atoms with E-state index in [4.69, 9.17) is 0 Å². The van der Waals surface area contributed by atoms with Crippen LogP contribution in [0.4, 0.5) is 0 Å². The van der Waals surface area contributed by atoms with Gasteiger partial charge in [0.15, 0.2) is 9.84 Å². The molecule has 0 radical (unpaired) electrons. The van der Waals surface area contributed by atoms with Crippen LogP contribution in [0.2, 0.25) is 0 Å². The number of benzene rings is 1. The van der Waals surface area contributed by atoms with E-state index in [-0.39, 0.29) is 5.75 Å². The summed E-state index contributed by atoms with van der Waals surface area (Å²) in [5.74, 6) is 0.238. The predicted molar refractivity (Wildman–Crippen MR) is 84.8 cm³/mol. The molecule has 4 heteroatoms. The first-order chi connectivity index (χ1) is 9.51. The van der Waals surface area contributed by atoms with Crippen molar-refractivity contribution >= 4 is 9.84 Å². The van der Waals surface area contributed by atoms with Gasteiger partial charge in [0, 0.05) is 6.04 Å². The Kier molecular flexibility index (Phi) is 7.24. The van der Waals surface area contributed by atoms with Gasteiger partial charge in [0.2, 0.25) is 0 Å². The summed E-state index contributed by atoms with van der Waals surface area (Å²) >= 11 is 0. The largest absolute Gasteiger partial charge is 0.314 e. The Hall–Kier alpha value is -0.870. The second-order valence-electron chi connectivity index (χ2n) is 5.29. The minimum absolute atomic E-state index is 0.238. The zero-order valence-corrected chi connectivity index (χ0v) is 13.7. The van der Waals surface area contributed by atoms with Crippen molar-refractivity contribution in [3.63, 3.8) is 0 Å². The second kappa shape index (κ2) is 8.42. The molecular weight excluding hydrogens is 270 g/mol. The van der Waals surface area contributed by atoms with Crippen LogP contribution in [0.5, 0.6) is 0 Å². The third kappa shape index (κ3) is 5.25. The van der Waals surface area contributed by atoms with Gasteiger partial charge in [-0.05, 0) is 50.8 Å². The third-order valence-corrected chi connectivity index (χ3v) is 5.52. The van der Waals surface area contributed by atoms with Gasteiger partial charge in [0.25, 0.3) is 0 Å². The molecule has 114 valence electrons. The first kappa shape index (κ1) is 17.2. The van der Waals surface area contributed by atoms with Gasteiger partial charge >= 0.3 is 0 Å². The first-order valence-corrected chi connectivity index (χ1v) is 9.18. The van der Waals surface area contributed by atoms with Crippen LogP contribution < -0.4 is 5.32 Å². The maximum Gasteiger partial charge on any atom is 0.178 e. The molecule has 1 unspecified atom stereocenters. The van der Waals surface area contributed by atoms with Crippen LogP contribution in [0.1, 0.15) is 45.1 Å². The topological polar surface area (TPSA) is 46.2 Å². The van der Waals surface area contributed by atoms with E-state index in [2.05, 4.69) is 19.2 Å². The summed E-state index contributed by atoms with van der Waals surface area (Å²) < 4.78 is 24.6. The lowest BCUT2D eigenvalue weighted by Crippen LogP contribution is -2.29. The van der Waals surface area contributed by atoms with E-state index in [1.807, 2.05) is 19.1 Å². The Labute approximate surface area is 123 Å². The summed E-state index contributed by atoms with van der Waals surface area (Å²) in [6.07, 6.45) is 3.79. The molecule has 1 rings (SSSR count). The highest BCUT2D eigenvalue weighted by atomic mass is 32.2. The van der Waals surface area contributed by atoms with Crippen LogP contribution in [0.25, 0.3) is 0 Å². The number of aryl methyl sites for hydroxylation is 1. The van der Waals surface area contributed by atoms with E-state index in [9.17, 15) is 8.42 Å². The van der Waals surface area contributed by atoms with Gasteiger partial charge in [-0.15, -0.1) is 0 Å². The molecule has 0 heterocycles. The fourth-order valence-corrected chi connectivity index (χ4v) is 3.95. The molecule has 0 aliphatic heterocycles. The summed E-state index contributed by atoms with van der Waals surface area (Å²) in [6, 6.07) is 7.65. The van der Waals surface area contributed by atoms with Gasteiger partial charge in [-0.1, -0.05) is 32.0 Å². The Morgan fingerprint density at radius 1 is 1.20 bits per heavy atom. The monoisotopic (exact) mass is 297 g/mol. The van der Waals surface area contributed by atoms with Crippen molar-refractivity contribution in [3.8, 4) is 0 Å². The zero-order chi connectivity index (χ0) is 15.0.